The van der Waals surface area contributed by atoms with Gasteiger partial charge in [0.2, 0.25) is 0 Å². The standard InChI is InChI=1S/C16H23F2N/c1-4-5-6-7-8-9-16(19-3)13-10-12(2)14(17)11-15(13)18/h4,10-11,16,19H,1,5-9H2,2-3H3. The van der Waals surface area contributed by atoms with E-state index in [4.69, 9.17) is 0 Å². The number of nitrogens with one attached hydrogen (secondary N) is 1. The molecular formula is C16H23F2N. The SMILES string of the molecule is C=CCCCCCC(NC)c1cc(C)c(F)cc1F. The number of hydrogen-bond acceptors (Lipinski definition) is 1. The number of aryl methyl sites for hydroxylation is 1. The fourth-order valence-electron chi connectivity index (χ4n) is 2.22. The van der Waals surface area contributed by atoms with Gasteiger partial charge in [-0.3, -0.25) is 0 Å². The van der Waals surface area contributed by atoms with Crippen LogP contribution < -0.4 is 5.32 Å². The van der Waals surface area contributed by atoms with E-state index < -0.39 is 11.6 Å². The number of benzene rings is 1. The van der Waals surface area contributed by atoms with Gasteiger partial charge in [0.1, 0.15) is 11.6 Å². The molecule has 0 aliphatic carbocycles. The minimum atomic E-state index is -0.484. The number of hydrogen-bond donors (Lipinski definition) is 1. The van der Waals surface area contributed by atoms with Crippen LogP contribution in [0.4, 0.5) is 8.78 Å². The smallest absolute Gasteiger partial charge is 0.130 e. The van der Waals surface area contributed by atoms with Crippen molar-refractivity contribution in [1.29, 1.82) is 0 Å². The largest absolute Gasteiger partial charge is 0.313 e. The maximum Gasteiger partial charge on any atom is 0.130 e. The van der Waals surface area contributed by atoms with E-state index in [1.165, 1.54) is 0 Å². The first-order valence-electron chi connectivity index (χ1n) is 6.83. The van der Waals surface area contributed by atoms with E-state index in [0.29, 0.717) is 11.1 Å². The van der Waals surface area contributed by atoms with Gasteiger partial charge in [-0.25, -0.2) is 8.78 Å². The Morgan fingerprint density at radius 1 is 1.21 bits per heavy atom. The molecule has 0 aromatic heterocycles. The van der Waals surface area contributed by atoms with Crippen molar-refractivity contribution in [2.75, 3.05) is 7.05 Å². The number of allylic oxidation sites excluding steroid dienone is 1. The zero-order chi connectivity index (χ0) is 14.3. The molecule has 0 aliphatic heterocycles. The lowest BCUT2D eigenvalue weighted by molar-refractivity contribution is 0.476. The summed E-state index contributed by atoms with van der Waals surface area (Å²) in [5.74, 6) is -0.948. The van der Waals surface area contributed by atoms with Gasteiger partial charge in [-0.05, 0) is 44.9 Å². The molecule has 19 heavy (non-hydrogen) atoms. The summed E-state index contributed by atoms with van der Waals surface area (Å²) >= 11 is 0. The lowest BCUT2D eigenvalue weighted by Crippen LogP contribution is -2.18. The third kappa shape index (κ3) is 4.75. The van der Waals surface area contributed by atoms with E-state index in [9.17, 15) is 8.78 Å². The number of halogens is 2. The highest BCUT2D eigenvalue weighted by molar-refractivity contribution is 5.28. The van der Waals surface area contributed by atoms with Gasteiger partial charge in [0.25, 0.3) is 0 Å². The Morgan fingerprint density at radius 2 is 1.95 bits per heavy atom. The molecule has 106 valence electrons. The molecule has 3 heteroatoms. The van der Waals surface area contributed by atoms with Gasteiger partial charge < -0.3 is 5.32 Å². The molecular weight excluding hydrogens is 244 g/mol. The van der Waals surface area contributed by atoms with Crippen LogP contribution in [0.5, 0.6) is 0 Å². The van der Waals surface area contributed by atoms with Crippen LogP contribution in [0.1, 0.15) is 49.3 Å². The van der Waals surface area contributed by atoms with Crippen LogP contribution in [0.25, 0.3) is 0 Å². The van der Waals surface area contributed by atoms with Gasteiger partial charge in [-0.2, -0.15) is 0 Å². The molecule has 0 saturated heterocycles. The molecule has 1 aromatic rings. The summed E-state index contributed by atoms with van der Waals surface area (Å²) < 4.78 is 27.1. The second-order valence-corrected chi connectivity index (χ2v) is 4.89. The Kier molecular flexibility index (Phi) is 6.71. The monoisotopic (exact) mass is 267 g/mol. The van der Waals surface area contributed by atoms with E-state index in [1.807, 2.05) is 13.1 Å². The van der Waals surface area contributed by atoms with Gasteiger partial charge in [0.05, 0.1) is 0 Å². The van der Waals surface area contributed by atoms with Crippen molar-refractivity contribution in [2.24, 2.45) is 0 Å². The maximum atomic E-state index is 13.8. The highest BCUT2D eigenvalue weighted by atomic mass is 19.1. The highest BCUT2D eigenvalue weighted by Crippen LogP contribution is 2.25. The number of rotatable bonds is 8. The number of unbranched alkanes of at least 4 members (excludes halogenated alkanes) is 3. The summed E-state index contributed by atoms with van der Waals surface area (Å²) in [4.78, 5) is 0. The van der Waals surface area contributed by atoms with Crippen molar-refractivity contribution in [1.82, 2.24) is 5.32 Å². The van der Waals surface area contributed by atoms with Crippen LogP contribution in [0, 0.1) is 18.6 Å². The summed E-state index contributed by atoms with van der Waals surface area (Å²) in [7, 11) is 1.81. The van der Waals surface area contributed by atoms with E-state index in [1.54, 1.807) is 13.0 Å². The molecule has 1 nitrogen and oxygen atoms in total. The van der Waals surface area contributed by atoms with E-state index in [2.05, 4.69) is 11.9 Å². The van der Waals surface area contributed by atoms with Crippen molar-refractivity contribution in [3.63, 3.8) is 0 Å². The maximum absolute atomic E-state index is 13.8. The molecule has 0 saturated carbocycles. The van der Waals surface area contributed by atoms with Crippen LogP contribution in [-0.4, -0.2) is 7.05 Å². The van der Waals surface area contributed by atoms with E-state index in [-0.39, 0.29) is 6.04 Å². The molecule has 1 N–H and O–H groups in total. The molecule has 0 bridgehead atoms. The van der Waals surface area contributed by atoms with Gasteiger partial charge in [0, 0.05) is 17.7 Å². The van der Waals surface area contributed by atoms with Gasteiger partial charge >= 0.3 is 0 Å². The van der Waals surface area contributed by atoms with E-state index >= 15 is 0 Å². The fraction of sp³-hybridized carbons (Fsp3) is 0.500. The summed E-state index contributed by atoms with van der Waals surface area (Å²) in [6.45, 7) is 5.35. The Balaban J connectivity index is 2.64. The molecule has 1 aromatic carbocycles. The van der Waals surface area contributed by atoms with Crippen LogP contribution in [0.2, 0.25) is 0 Å². The molecule has 0 spiro atoms. The summed E-state index contributed by atoms with van der Waals surface area (Å²) in [6, 6.07) is 2.53. The summed E-state index contributed by atoms with van der Waals surface area (Å²) in [5, 5.41) is 3.11. The van der Waals surface area contributed by atoms with Crippen molar-refractivity contribution in [2.45, 2.75) is 45.1 Å². The zero-order valence-electron chi connectivity index (χ0n) is 11.8. The van der Waals surface area contributed by atoms with Crippen molar-refractivity contribution < 1.29 is 8.78 Å². The third-order valence-electron chi connectivity index (χ3n) is 3.40. The van der Waals surface area contributed by atoms with Gasteiger partial charge in [-0.1, -0.05) is 18.9 Å². The fourth-order valence-corrected chi connectivity index (χ4v) is 2.22. The van der Waals surface area contributed by atoms with Crippen LogP contribution in [0.3, 0.4) is 0 Å². The summed E-state index contributed by atoms with van der Waals surface area (Å²) in [5.41, 5.74) is 1.05. The Morgan fingerprint density at radius 3 is 2.58 bits per heavy atom. The van der Waals surface area contributed by atoms with Crippen LogP contribution in [-0.2, 0) is 0 Å². The Hall–Kier alpha value is -1.22. The van der Waals surface area contributed by atoms with Gasteiger partial charge in [0.15, 0.2) is 0 Å². The molecule has 0 amide bonds. The molecule has 1 unspecified atom stereocenters. The van der Waals surface area contributed by atoms with E-state index in [0.717, 1.165) is 38.2 Å². The third-order valence-corrected chi connectivity index (χ3v) is 3.40. The normalized spacial score (nSPS) is 12.4. The average Bonchev–Trinajstić information content (AvgIpc) is 2.39. The lowest BCUT2D eigenvalue weighted by atomic mass is 9.98. The highest BCUT2D eigenvalue weighted by Gasteiger charge is 2.15. The lowest BCUT2D eigenvalue weighted by Gasteiger charge is -2.18. The Labute approximate surface area is 114 Å². The first kappa shape index (κ1) is 15.8. The topological polar surface area (TPSA) is 12.0 Å². The second kappa shape index (κ2) is 8.05. The van der Waals surface area contributed by atoms with Crippen molar-refractivity contribution >= 4 is 0 Å². The molecule has 1 atom stereocenters. The molecule has 1 rings (SSSR count). The first-order valence-corrected chi connectivity index (χ1v) is 6.83. The molecule has 0 aliphatic rings. The minimum absolute atomic E-state index is 0.0527. The molecule has 0 fully saturated rings. The van der Waals surface area contributed by atoms with Crippen molar-refractivity contribution in [3.05, 3.63) is 47.5 Å². The summed E-state index contributed by atoms with van der Waals surface area (Å²) in [6.07, 6.45) is 7.04. The zero-order valence-corrected chi connectivity index (χ0v) is 11.8. The predicted octanol–water partition coefficient (Wildman–Crippen LogP) is 4.67. The van der Waals surface area contributed by atoms with Crippen molar-refractivity contribution in [3.8, 4) is 0 Å². The molecule has 0 radical (unpaired) electrons. The minimum Gasteiger partial charge on any atom is -0.313 e. The first-order chi connectivity index (χ1) is 9.10. The van der Waals surface area contributed by atoms with Gasteiger partial charge in [-0.15, -0.1) is 6.58 Å². The molecule has 0 heterocycles. The van der Waals surface area contributed by atoms with Crippen LogP contribution >= 0.6 is 0 Å². The average molecular weight is 267 g/mol. The van der Waals surface area contributed by atoms with Crippen LogP contribution in [0.15, 0.2) is 24.8 Å². The Bertz CT molecular complexity index is 415. The second-order valence-electron chi connectivity index (χ2n) is 4.89. The quantitative estimate of drug-likeness (QED) is 0.533. The predicted molar refractivity (Wildman–Crippen MR) is 76.2 cm³/mol.